The van der Waals surface area contributed by atoms with Crippen molar-refractivity contribution in [3.63, 3.8) is 0 Å². The second kappa shape index (κ2) is 14.9. The Kier molecular flexibility index (Phi) is 13.4. The van der Waals surface area contributed by atoms with E-state index in [9.17, 15) is 14.7 Å². The molecule has 0 aromatic heterocycles. The van der Waals surface area contributed by atoms with Crippen LogP contribution in [0.2, 0.25) is 0 Å². The number of carbonyl (C=O) groups is 2. The molecule has 6 heteroatoms. The van der Waals surface area contributed by atoms with Gasteiger partial charge in [0.1, 0.15) is 6.54 Å². The third-order valence-electron chi connectivity index (χ3n) is 8.45. The second-order valence-electron chi connectivity index (χ2n) is 10.0. The highest BCUT2D eigenvalue weighted by Gasteiger charge is 2.33. The summed E-state index contributed by atoms with van der Waals surface area (Å²) in [6.45, 7) is 14.0. The summed E-state index contributed by atoms with van der Waals surface area (Å²) >= 11 is 0. The van der Waals surface area contributed by atoms with Crippen LogP contribution in [-0.2, 0) is 9.53 Å². The maximum Gasteiger partial charge on any atom is 0.324 e. The number of amides is 3. The van der Waals surface area contributed by atoms with Gasteiger partial charge >= 0.3 is 6.03 Å². The van der Waals surface area contributed by atoms with Gasteiger partial charge in [0.25, 0.3) is 0 Å². The maximum atomic E-state index is 11.9. The molecule has 0 bridgehead atoms. The van der Waals surface area contributed by atoms with Crippen molar-refractivity contribution >= 4 is 11.9 Å². The molecule has 1 heterocycles. The van der Waals surface area contributed by atoms with Crippen LogP contribution in [0.3, 0.4) is 0 Å². The molecule has 0 aliphatic carbocycles. The highest BCUT2D eigenvalue weighted by molar-refractivity contribution is 6.01. The van der Waals surface area contributed by atoms with Gasteiger partial charge in [-0.25, -0.2) is 4.79 Å². The number of hydrogen-bond donors (Lipinski definition) is 2. The Hall–Kier alpha value is -1.14. The molecular formula is C26H50N2O4. The lowest BCUT2D eigenvalue weighted by Gasteiger charge is -2.37. The van der Waals surface area contributed by atoms with Crippen LogP contribution in [-0.4, -0.2) is 54.9 Å². The van der Waals surface area contributed by atoms with Gasteiger partial charge in [0.15, 0.2) is 0 Å². The van der Waals surface area contributed by atoms with E-state index < -0.39 is 0 Å². The molecule has 1 atom stereocenters. The number of nitrogens with zero attached hydrogens (tertiary/aromatic N) is 1. The molecule has 1 aliphatic rings. The van der Waals surface area contributed by atoms with Crippen molar-refractivity contribution in [1.82, 2.24) is 10.2 Å². The van der Waals surface area contributed by atoms with Gasteiger partial charge < -0.3 is 14.7 Å². The molecular weight excluding hydrogens is 404 g/mol. The van der Waals surface area contributed by atoms with Crippen molar-refractivity contribution in [3.05, 3.63) is 0 Å². The lowest BCUT2D eigenvalue weighted by Crippen LogP contribution is -2.34. The van der Waals surface area contributed by atoms with E-state index in [2.05, 4.69) is 39.9 Å². The molecule has 6 nitrogen and oxygen atoms in total. The van der Waals surface area contributed by atoms with Crippen LogP contribution in [0, 0.1) is 16.7 Å². The van der Waals surface area contributed by atoms with Crippen LogP contribution < -0.4 is 5.32 Å². The van der Waals surface area contributed by atoms with E-state index in [1.165, 1.54) is 6.42 Å². The number of nitrogens with one attached hydrogen (secondary N) is 1. The van der Waals surface area contributed by atoms with E-state index in [0.717, 1.165) is 77.4 Å². The smallest absolute Gasteiger partial charge is 0.324 e. The van der Waals surface area contributed by atoms with E-state index in [1.54, 1.807) is 4.90 Å². The quantitative estimate of drug-likeness (QED) is 0.199. The fourth-order valence-electron chi connectivity index (χ4n) is 5.20. The first-order valence-electron chi connectivity index (χ1n) is 13.1. The number of hydrogen-bond acceptors (Lipinski definition) is 4. The fourth-order valence-corrected chi connectivity index (χ4v) is 5.20. The summed E-state index contributed by atoms with van der Waals surface area (Å²) in [6, 6.07) is -0.249. The van der Waals surface area contributed by atoms with E-state index >= 15 is 0 Å². The molecule has 3 amide bonds. The topological polar surface area (TPSA) is 78.9 Å². The zero-order valence-corrected chi connectivity index (χ0v) is 21.5. The van der Waals surface area contributed by atoms with Crippen molar-refractivity contribution in [1.29, 1.82) is 0 Å². The largest absolute Gasteiger partial charge is 0.396 e. The number of aliphatic hydroxyl groups is 1. The van der Waals surface area contributed by atoms with E-state index in [-0.39, 0.29) is 30.5 Å². The highest BCUT2D eigenvalue weighted by Crippen LogP contribution is 2.40. The molecule has 1 saturated heterocycles. The van der Waals surface area contributed by atoms with Gasteiger partial charge in [-0.2, -0.15) is 0 Å². The number of imide groups is 1. The van der Waals surface area contributed by atoms with Crippen molar-refractivity contribution in [2.24, 2.45) is 16.7 Å². The average Bonchev–Trinajstić information content (AvgIpc) is 3.12. The Balaban J connectivity index is 2.36. The number of aliphatic hydroxyl groups excluding tert-OH is 1. The minimum Gasteiger partial charge on any atom is -0.396 e. The normalized spacial score (nSPS) is 16.0. The summed E-state index contributed by atoms with van der Waals surface area (Å²) in [5.74, 6) is 0.318. The lowest BCUT2D eigenvalue weighted by molar-refractivity contribution is -0.118. The van der Waals surface area contributed by atoms with Gasteiger partial charge in [-0.05, 0) is 55.3 Å². The standard InChI is InChI=1S/C26H50N2O4/c1-6-25(5,7-2)22(14-17-28-21-23(30)27-24(28)31)13-12-20-32-19-11-10-15-26(8-3,9-4)16-18-29/h22,29H,6-21H2,1-5H3,(H,27,30,31). The molecule has 1 aliphatic heterocycles. The third kappa shape index (κ3) is 9.01. The molecule has 1 rings (SSSR count). The summed E-state index contributed by atoms with van der Waals surface area (Å²) in [6.07, 6.45) is 11.9. The van der Waals surface area contributed by atoms with Gasteiger partial charge in [0.05, 0.1) is 0 Å². The predicted octanol–water partition coefficient (Wildman–Crippen LogP) is 5.53. The summed E-state index contributed by atoms with van der Waals surface area (Å²) < 4.78 is 5.95. The zero-order valence-electron chi connectivity index (χ0n) is 21.5. The van der Waals surface area contributed by atoms with Crippen LogP contribution in [0.25, 0.3) is 0 Å². The van der Waals surface area contributed by atoms with Crippen molar-refractivity contribution < 1.29 is 19.4 Å². The van der Waals surface area contributed by atoms with E-state index in [1.807, 2.05) is 0 Å². The first-order valence-corrected chi connectivity index (χ1v) is 13.1. The van der Waals surface area contributed by atoms with Crippen molar-refractivity contribution in [2.45, 2.75) is 105 Å². The summed E-state index contributed by atoms with van der Waals surface area (Å²) in [5, 5.41) is 11.7. The minimum absolute atomic E-state index is 0.194. The van der Waals surface area contributed by atoms with Gasteiger partial charge in [0, 0.05) is 26.4 Å². The highest BCUT2D eigenvalue weighted by atomic mass is 16.5. The number of rotatable bonds is 19. The van der Waals surface area contributed by atoms with E-state index in [0.29, 0.717) is 17.9 Å². The van der Waals surface area contributed by atoms with Gasteiger partial charge in [-0.15, -0.1) is 0 Å². The Morgan fingerprint density at radius 1 is 0.969 bits per heavy atom. The Morgan fingerprint density at radius 3 is 2.16 bits per heavy atom. The third-order valence-corrected chi connectivity index (χ3v) is 8.45. The van der Waals surface area contributed by atoms with E-state index in [4.69, 9.17) is 4.74 Å². The molecule has 188 valence electrons. The summed E-state index contributed by atoms with van der Waals surface area (Å²) in [4.78, 5) is 25.0. The SMILES string of the molecule is CCC(CC)(CCO)CCCCOCCCC(CCN1CC(=O)NC1=O)C(C)(CC)CC. The predicted molar refractivity (Wildman–Crippen MR) is 131 cm³/mol. The molecule has 0 saturated carbocycles. The molecule has 0 spiro atoms. The second-order valence-corrected chi connectivity index (χ2v) is 10.0. The first kappa shape index (κ1) is 28.9. The Bertz CT molecular complexity index is 544. The first-order chi connectivity index (χ1) is 15.3. The van der Waals surface area contributed by atoms with Gasteiger partial charge in [-0.1, -0.05) is 66.7 Å². The van der Waals surface area contributed by atoms with Gasteiger partial charge in [-0.3, -0.25) is 10.1 Å². The molecule has 1 unspecified atom stereocenters. The monoisotopic (exact) mass is 454 g/mol. The molecule has 1 fully saturated rings. The molecule has 0 aromatic rings. The molecule has 0 aromatic carbocycles. The molecule has 0 radical (unpaired) electrons. The number of urea groups is 1. The number of ether oxygens (including phenoxy) is 1. The average molecular weight is 455 g/mol. The number of carbonyl (C=O) groups excluding carboxylic acids is 2. The fraction of sp³-hybridized carbons (Fsp3) is 0.923. The summed E-state index contributed by atoms with van der Waals surface area (Å²) in [5.41, 5.74) is 0.542. The number of unbranched alkanes of at least 4 members (excludes halogenated alkanes) is 1. The van der Waals surface area contributed by atoms with Crippen LogP contribution in [0.15, 0.2) is 0 Å². The van der Waals surface area contributed by atoms with Crippen LogP contribution in [0.1, 0.15) is 105 Å². The van der Waals surface area contributed by atoms with Gasteiger partial charge in [0.2, 0.25) is 5.91 Å². The minimum atomic E-state index is -0.249. The van der Waals surface area contributed by atoms with Crippen LogP contribution in [0.4, 0.5) is 4.79 Å². The molecule has 2 N–H and O–H groups in total. The van der Waals surface area contributed by atoms with Crippen molar-refractivity contribution in [2.75, 3.05) is 32.9 Å². The van der Waals surface area contributed by atoms with Crippen LogP contribution in [0.5, 0.6) is 0 Å². The maximum absolute atomic E-state index is 11.9. The summed E-state index contributed by atoms with van der Waals surface area (Å²) in [7, 11) is 0. The van der Waals surface area contributed by atoms with Crippen molar-refractivity contribution in [3.8, 4) is 0 Å². The molecule has 32 heavy (non-hydrogen) atoms. The Morgan fingerprint density at radius 2 is 1.62 bits per heavy atom. The Labute approximate surface area is 196 Å². The van der Waals surface area contributed by atoms with Crippen LogP contribution >= 0.6 is 0 Å². The zero-order chi connectivity index (χ0) is 24.0. The lowest BCUT2D eigenvalue weighted by atomic mass is 9.69.